The molecule has 16 heavy (non-hydrogen) atoms. The normalized spacial score (nSPS) is 18.0. The van der Waals surface area contributed by atoms with E-state index >= 15 is 0 Å². The fraction of sp³-hybridized carbons (Fsp3) is 0.545. The number of piperidine rings is 1. The second kappa shape index (κ2) is 4.17. The van der Waals surface area contributed by atoms with E-state index in [9.17, 15) is 0 Å². The van der Waals surface area contributed by atoms with Crippen LogP contribution in [-0.2, 0) is 6.42 Å². The van der Waals surface area contributed by atoms with E-state index in [1.54, 1.807) is 12.4 Å². The zero-order valence-corrected chi connectivity index (χ0v) is 9.13. The highest BCUT2D eigenvalue weighted by atomic mass is 15.2. The van der Waals surface area contributed by atoms with Crippen molar-refractivity contribution >= 4 is 5.65 Å². The van der Waals surface area contributed by atoms with Gasteiger partial charge in [-0.2, -0.15) is 0 Å². The lowest BCUT2D eigenvalue weighted by Gasteiger charge is -2.21. The minimum absolute atomic E-state index is 0.738. The van der Waals surface area contributed by atoms with Gasteiger partial charge in [-0.05, 0) is 31.8 Å². The fourth-order valence-electron chi connectivity index (χ4n) is 2.29. The molecule has 1 aliphatic heterocycles. The summed E-state index contributed by atoms with van der Waals surface area (Å²) >= 11 is 0. The van der Waals surface area contributed by atoms with E-state index in [1.807, 2.05) is 10.6 Å². The molecule has 3 rings (SSSR count). The smallest absolute Gasteiger partial charge is 0.179 e. The maximum Gasteiger partial charge on any atom is 0.179 e. The van der Waals surface area contributed by atoms with Gasteiger partial charge in [-0.15, -0.1) is 10.2 Å². The second-order valence-electron chi connectivity index (χ2n) is 4.32. The van der Waals surface area contributed by atoms with Crippen LogP contribution in [0.25, 0.3) is 5.65 Å². The zero-order chi connectivity index (χ0) is 10.8. The Balaban J connectivity index is 1.83. The zero-order valence-electron chi connectivity index (χ0n) is 9.13. The summed E-state index contributed by atoms with van der Waals surface area (Å²) in [6.07, 6.45) is 8.96. The Morgan fingerprint density at radius 1 is 1.31 bits per heavy atom. The van der Waals surface area contributed by atoms with Gasteiger partial charge in [-0.3, -0.25) is 9.38 Å². The molecule has 2 aromatic rings. The standard InChI is InChI=1S/C11H15N5/c1-3-12-4-2-9(1)7-10-14-15-11-8-13-5-6-16(10)11/h5-6,8-9,12H,1-4,7H2. The Kier molecular flexibility index (Phi) is 2.53. The van der Waals surface area contributed by atoms with Crippen LogP contribution >= 0.6 is 0 Å². The van der Waals surface area contributed by atoms with E-state index < -0.39 is 0 Å². The SMILES string of the molecule is c1cn2c(CC3CCNCC3)nnc2cn1. The first-order chi connectivity index (χ1) is 7.93. The average molecular weight is 217 g/mol. The molecule has 2 aromatic heterocycles. The van der Waals surface area contributed by atoms with Gasteiger partial charge >= 0.3 is 0 Å². The van der Waals surface area contributed by atoms with Crippen LogP contribution in [0.1, 0.15) is 18.7 Å². The maximum absolute atomic E-state index is 4.24. The van der Waals surface area contributed by atoms with Crippen LogP contribution in [-0.4, -0.2) is 32.7 Å². The van der Waals surface area contributed by atoms with Gasteiger partial charge in [0.25, 0.3) is 0 Å². The number of hydrogen-bond donors (Lipinski definition) is 1. The van der Waals surface area contributed by atoms with Crippen molar-refractivity contribution in [1.29, 1.82) is 0 Å². The maximum atomic E-state index is 4.24. The summed E-state index contributed by atoms with van der Waals surface area (Å²) in [6, 6.07) is 0. The van der Waals surface area contributed by atoms with Crippen molar-refractivity contribution in [1.82, 2.24) is 24.9 Å². The largest absolute Gasteiger partial charge is 0.317 e. The molecule has 0 atom stereocenters. The Morgan fingerprint density at radius 3 is 3.06 bits per heavy atom. The summed E-state index contributed by atoms with van der Waals surface area (Å²) < 4.78 is 2.04. The lowest BCUT2D eigenvalue weighted by Crippen LogP contribution is -2.29. The molecule has 0 spiro atoms. The molecule has 1 fully saturated rings. The van der Waals surface area contributed by atoms with E-state index in [1.165, 1.54) is 12.8 Å². The number of aromatic nitrogens is 4. The minimum Gasteiger partial charge on any atom is -0.317 e. The van der Waals surface area contributed by atoms with Gasteiger partial charge in [0.15, 0.2) is 5.65 Å². The molecular formula is C11H15N5. The van der Waals surface area contributed by atoms with Crippen LogP contribution in [0.2, 0.25) is 0 Å². The van der Waals surface area contributed by atoms with Crippen molar-refractivity contribution in [2.45, 2.75) is 19.3 Å². The van der Waals surface area contributed by atoms with E-state index in [2.05, 4.69) is 20.5 Å². The third kappa shape index (κ3) is 1.78. The number of rotatable bonds is 2. The van der Waals surface area contributed by atoms with Gasteiger partial charge in [0, 0.05) is 18.8 Å². The Bertz CT molecular complexity index is 472. The van der Waals surface area contributed by atoms with E-state index in [-0.39, 0.29) is 0 Å². The summed E-state index contributed by atoms with van der Waals surface area (Å²) in [4.78, 5) is 4.04. The first-order valence-electron chi connectivity index (χ1n) is 5.78. The van der Waals surface area contributed by atoms with Crippen molar-refractivity contribution in [2.24, 2.45) is 5.92 Å². The van der Waals surface area contributed by atoms with E-state index in [0.717, 1.165) is 36.9 Å². The van der Waals surface area contributed by atoms with Gasteiger partial charge in [-0.25, -0.2) is 0 Å². The first kappa shape index (κ1) is 9.72. The Hall–Kier alpha value is -1.49. The van der Waals surface area contributed by atoms with Gasteiger partial charge < -0.3 is 5.32 Å². The minimum atomic E-state index is 0.738. The Labute approximate surface area is 93.9 Å². The third-order valence-corrected chi connectivity index (χ3v) is 3.21. The van der Waals surface area contributed by atoms with Gasteiger partial charge in [0.2, 0.25) is 0 Å². The average Bonchev–Trinajstić information content (AvgIpc) is 2.74. The first-order valence-corrected chi connectivity index (χ1v) is 5.78. The molecule has 0 unspecified atom stereocenters. The highest BCUT2D eigenvalue weighted by Crippen LogP contribution is 2.17. The number of nitrogens with one attached hydrogen (secondary N) is 1. The molecule has 0 aromatic carbocycles. The lowest BCUT2D eigenvalue weighted by atomic mass is 9.94. The quantitative estimate of drug-likeness (QED) is 0.803. The monoisotopic (exact) mass is 217 g/mol. The number of fused-ring (bicyclic) bond motifs is 1. The predicted octanol–water partition coefficient (Wildman–Crippen LogP) is 0.666. The number of hydrogen-bond acceptors (Lipinski definition) is 4. The van der Waals surface area contributed by atoms with Crippen molar-refractivity contribution in [2.75, 3.05) is 13.1 Å². The van der Waals surface area contributed by atoms with Crippen molar-refractivity contribution in [3.8, 4) is 0 Å². The summed E-state index contributed by atoms with van der Waals surface area (Å²) in [7, 11) is 0. The van der Waals surface area contributed by atoms with E-state index in [4.69, 9.17) is 0 Å². The molecule has 0 bridgehead atoms. The van der Waals surface area contributed by atoms with Crippen LogP contribution in [0, 0.1) is 5.92 Å². The summed E-state index contributed by atoms with van der Waals surface area (Å²) in [6.45, 7) is 2.26. The Morgan fingerprint density at radius 2 is 2.19 bits per heavy atom. The number of nitrogens with zero attached hydrogens (tertiary/aromatic N) is 4. The molecule has 84 valence electrons. The highest BCUT2D eigenvalue weighted by molar-refractivity contribution is 5.33. The van der Waals surface area contributed by atoms with Crippen LogP contribution in [0.15, 0.2) is 18.6 Å². The molecule has 0 amide bonds. The molecular weight excluding hydrogens is 202 g/mol. The summed E-state index contributed by atoms with van der Waals surface area (Å²) in [5.41, 5.74) is 0.839. The molecule has 1 N–H and O–H groups in total. The highest BCUT2D eigenvalue weighted by Gasteiger charge is 2.16. The molecule has 5 heteroatoms. The van der Waals surface area contributed by atoms with Crippen LogP contribution < -0.4 is 5.32 Å². The summed E-state index contributed by atoms with van der Waals surface area (Å²) in [5, 5.41) is 11.7. The van der Waals surface area contributed by atoms with Crippen LogP contribution in [0.4, 0.5) is 0 Å². The van der Waals surface area contributed by atoms with Gasteiger partial charge in [-0.1, -0.05) is 0 Å². The van der Waals surface area contributed by atoms with Crippen molar-refractivity contribution < 1.29 is 0 Å². The molecule has 0 saturated carbocycles. The predicted molar refractivity (Wildman–Crippen MR) is 60.1 cm³/mol. The van der Waals surface area contributed by atoms with Crippen molar-refractivity contribution in [3.05, 3.63) is 24.4 Å². The summed E-state index contributed by atoms with van der Waals surface area (Å²) in [5.74, 6) is 1.80. The topological polar surface area (TPSA) is 55.1 Å². The third-order valence-electron chi connectivity index (χ3n) is 3.21. The van der Waals surface area contributed by atoms with Crippen LogP contribution in [0.3, 0.4) is 0 Å². The van der Waals surface area contributed by atoms with Crippen LogP contribution in [0.5, 0.6) is 0 Å². The van der Waals surface area contributed by atoms with Crippen molar-refractivity contribution in [3.63, 3.8) is 0 Å². The molecule has 3 heterocycles. The lowest BCUT2D eigenvalue weighted by molar-refractivity contribution is 0.366. The fourth-order valence-corrected chi connectivity index (χ4v) is 2.29. The van der Waals surface area contributed by atoms with E-state index in [0.29, 0.717) is 0 Å². The molecule has 1 aliphatic rings. The molecule has 0 radical (unpaired) electrons. The molecule has 5 nitrogen and oxygen atoms in total. The van der Waals surface area contributed by atoms with Gasteiger partial charge in [0.1, 0.15) is 5.82 Å². The second-order valence-corrected chi connectivity index (χ2v) is 4.32. The molecule has 0 aliphatic carbocycles. The van der Waals surface area contributed by atoms with Gasteiger partial charge in [0.05, 0.1) is 6.20 Å². The molecule has 1 saturated heterocycles.